The Balaban J connectivity index is 1.12. The molecule has 6 rings (SSSR count). The van der Waals surface area contributed by atoms with Crippen molar-refractivity contribution in [1.82, 2.24) is 29.5 Å². The van der Waals surface area contributed by atoms with Crippen LogP contribution in [0.4, 0.5) is 20.3 Å². The highest BCUT2D eigenvalue weighted by Gasteiger charge is 2.36. The summed E-state index contributed by atoms with van der Waals surface area (Å²) < 4.78 is 31.3. The van der Waals surface area contributed by atoms with Gasteiger partial charge in [0.05, 0.1) is 18.0 Å². The number of nitrogens with zero attached hydrogens (tertiary/aromatic N) is 5. The number of piperazine rings is 1. The second-order valence-corrected chi connectivity index (χ2v) is 10.6. The number of nitrogens with one attached hydrogen (secondary N) is 2. The maximum atomic E-state index is 13.3. The molecule has 3 N–H and O–H groups in total. The second kappa shape index (κ2) is 11.9. The lowest BCUT2D eigenvalue weighted by Gasteiger charge is -2.36. The first-order valence-electron chi connectivity index (χ1n) is 14.0. The van der Waals surface area contributed by atoms with E-state index in [0.717, 1.165) is 22.5 Å². The predicted octanol–water partition coefficient (Wildman–Crippen LogP) is 3.06. The van der Waals surface area contributed by atoms with E-state index in [2.05, 4.69) is 25.3 Å². The molecule has 2 aliphatic heterocycles. The molecule has 4 heterocycles. The van der Waals surface area contributed by atoms with Gasteiger partial charge in [0.15, 0.2) is 11.5 Å². The van der Waals surface area contributed by atoms with Gasteiger partial charge in [-0.3, -0.25) is 14.0 Å². The van der Waals surface area contributed by atoms with Gasteiger partial charge in [-0.25, -0.2) is 9.97 Å². The van der Waals surface area contributed by atoms with Crippen molar-refractivity contribution in [2.45, 2.75) is 32.1 Å². The topological polar surface area (TPSA) is 124 Å². The minimum Gasteiger partial charge on any atom is -0.435 e. The van der Waals surface area contributed by atoms with Crippen molar-refractivity contribution < 1.29 is 28.2 Å². The molecular weight excluding hydrogens is 560 g/mol. The van der Waals surface area contributed by atoms with Crippen molar-refractivity contribution in [3.8, 4) is 17.0 Å². The lowest BCUT2D eigenvalue weighted by molar-refractivity contribution is -0.136. The molecule has 11 nitrogen and oxygen atoms in total. The molecule has 2 amide bonds. The number of alkyl halides is 2. The zero-order valence-electron chi connectivity index (χ0n) is 23.4. The number of aromatic nitrogens is 3. The molecule has 43 heavy (non-hydrogen) atoms. The van der Waals surface area contributed by atoms with E-state index in [4.69, 9.17) is 0 Å². The Morgan fingerprint density at radius 2 is 1.81 bits per heavy atom. The lowest BCUT2D eigenvalue weighted by Crippen LogP contribution is -2.56. The summed E-state index contributed by atoms with van der Waals surface area (Å²) in [4.78, 5) is 38.5. The summed E-state index contributed by atoms with van der Waals surface area (Å²) in [6.07, 6.45) is 4.96. The van der Waals surface area contributed by atoms with Gasteiger partial charge >= 0.3 is 6.61 Å². The first-order valence-corrected chi connectivity index (χ1v) is 14.0. The average molecular weight is 592 g/mol. The summed E-state index contributed by atoms with van der Waals surface area (Å²) in [6.45, 7) is 1.28. The molecule has 0 saturated carbocycles. The van der Waals surface area contributed by atoms with E-state index in [-0.39, 0.29) is 17.6 Å². The standard InChI is InChI=1S/C30H31F2N7O4/c1-18-16-20(4-7-22(18)28(41)37-12-14-38(15-13-37)29(42)25-24(40)8-9-33-25)36-26-27-35-17-23(39(27)11-10-34-26)19-2-5-21(6-3-19)43-30(31)32/h2-7,10-11,16-17,24-25,30,33,40H,8-9,12-15H2,1H3,(H,34,36)/t24-,25+/m1/s1. The molecule has 2 aromatic heterocycles. The number of imidazole rings is 1. The molecule has 13 heteroatoms. The van der Waals surface area contributed by atoms with Crippen LogP contribution in [0.1, 0.15) is 22.3 Å². The van der Waals surface area contributed by atoms with Crippen LogP contribution in [0.25, 0.3) is 16.9 Å². The molecule has 0 unspecified atom stereocenters. The van der Waals surface area contributed by atoms with Gasteiger partial charge in [-0.2, -0.15) is 8.78 Å². The number of carbonyl (C=O) groups excluding carboxylic acids is 2. The van der Waals surface area contributed by atoms with Crippen molar-refractivity contribution in [3.05, 3.63) is 72.2 Å². The highest BCUT2D eigenvalue weighted by atomic mass is 19.3. The first-order chi connectivity index (χ1) is 20.8. The normalized spacial score (nSPS) is 18.8. The van der Waals surface area contributed by atoms with Crippen LogP contribution in [-0.4, -0.2) is 92.6 Å². The summed E-state index contributed by atoms with van der Waals surface area (Å²) in [5.74, 6) is 0.365. The molecule has 0 aliphatic carbocycles. The van der Waals surface area contributed by atoms with Gasteiger partial charge in [0.25, 0.3) is 5.91 Å². The molecule has 0 radical (unpaired) electrons. The molecule has 2 aliphatic rings. The maximum Gasteiger partial charge on any atom is 0.387 e. The largest absolute Gasteiger partial charge is 0.435 e. The predicted molar refractivity (Wildman–Crippen MR) is 154 cm³/mol. The van der Waals surface area contributed by atoms with E-state index >= 15 is 0 Å². The fourth-order valence-corrected chi connectivity index (χ4v) is 5.58. The van der Waals surface area contributed by atoms with Gasteiger partial charge < -0.3 is 30.3 Å². The molecule has 0 bridgehead atoms. The molecule has 4 aromatic rings. The average Bonchev–Trinajstić information content (AvgIpc) is 3.64. The van der Waals surface area contributed by atoms with Gasteiger partial charge in [-0.15, -0.1) is 0 Å². The Kier molecular flexibility index (Phi) is 7.91. The number of carbonyl (C=O) groups is 2. The van der Waals surface area contributed by atoms with Crippen molar-refractivity contribution in [2.75, 3.05) is 38.0 Å². The molecular formula is C30H31F2N7O4. The van der Waals surface area contributed by atoms with E-state index in [1.165, 1.54) is 12.1 Å². The fraction of sp³-hybridized carbons (Fsp3) is 0.333. The van der Waals surface area contributed by atoms with Gasteiger partial charge in [0.1, 0.15) is 11.8 Å². The van der Waals surface area contributed by atoms with Crippen LogP contribution < -0.4 is 15.4 Å². The Hall–Kier alpha value is -4.62. The number of hydrogen-bond donors (Lipinski definition) is 3. The highest BCUT2D eigenvalue weighted by Crippen LogP contribution is 2.28. The van der Waals surface area contributed by atoms with Crippen LogP contribution in [-0.2, 0) is 4.79 Å². The number of aliphatic hydroxyl groups excluding tert-OH is 1. The van der Waals surface area contributed by atoms with Crippen LogP contribution in [0.5, 0.6) is 5.75 Å². The monoisotopic (exact) mass is 591 g/mol. The van der Waals surface area contributed by atoms with Crippen LogP contribution in [0.3, 0.4) is 0 Å². The fourth-order valence-electron chi connectivity index (χ4n) is 5.58. The number of amides is 2. The van der Waals surface area contributed by atoms with E-state index < -0.39 is 18.8 Å². The minimum absolute atomic E-state index is 0.0730. The molecule has 0 spiro atoms. The van der Waals surface area contributed by atoms with Gasteiger partial charge in [0, 0.05) is 55.4 Å². The van der Waals surface area contributed by atoms with E-state index in [9.17, 15) is 23.5 Å². The SMILES string of the molecule is Cc1cc(Nc2nccn3c(-c4ccc(OC(F)F)cc4)cnc23)ccc1C(=O)N1CCN(C(=O)[C@H]2NCC[C@H]2O)CC1. The van der Waals surface area contributed by atoms with E-state index in [1.807, 2.05) is 23.5 Å². The summed E-state index contributed by atoms with van der Waals surface area (Å²) in [5.41, 5.74) is 4.17. The quantitative estimate of drug-likeness (QED) is 0.300. The van der Waals surface area contributed by atoms with Crippen molar-refractivity contribution in [1.29, 1.82) is 0 Å². The summed E-state index contributed by atoms with van der Waals surface area (Å²) in [6, 6.07) is 11.2. The van der Waals surface area contributed by atoms with Gasteiger partial charge in [-0.1, -0.05) is 0 Å². The summed E-state index contributed by atoms with van der Waals surface area (Å²) >= 11 is 0. The molecule has 2 saturated heterocycles. The Morgan fingerprint density at radius 3 is 2.49 bits per heavy atom. The Bertz CT molecular complexity index is 1640. The van der Waals surface area contributed by atoms with Crippen LogP contribution in [0.15, 0.2) is 61.1 Å². The van der Waals surface area contributed by atoms with Gasteiger partial charge in [-0.05, 0) is 67.9 Å². The molecule has 2 fully saturated rings. The number of halogens is 2. The summed E-state index contributed by atoms with van der Waals surface area (Å²) in [5, 5.41) is 16.4. The van der Waals surface area contributed by atoms with Crippen molar-refractivity contribution in [3.63, 3.8) is 0 Å². The number of ether oxygens (including phenoxy) is 1. The highest BCUT2D eigenvalue weighted by molar-refractivity contribution is 5.96. The zero-order valence-corrected chi connectivity index (χ0v) is 23.4. The Labute approximate surface area is 246 Å². The number of rotatable bonds is 7. The zero-order chi connectivity index (χ0) is 30.1. The third kappa shape index (κ3) is 5.86. The Morgan fingerprint density at radius 1 is 1.07 bits per heavy atom. The molecule has 2 aromatic carbocycles. The van der Waals surface area contributed by atoms with E-state index in [1.54, 1.807) is 46.6 Å². The van der Waals surface area contributed by atoms with E-state index in [0.29, 0.717) is 56.2 Å². The summed E-state index contributed by atoms with van der Waals surface area (Å²) in [7, 11) is 0. The number of aliphatic hydroxyl groups is 1. The maximum absolute atomic E-state index is 13.3. The number of hydrogen-bond acceptors (Lipinski definition) is 8. The van der Waals surface area contributed by atoms with Crippen LogP contribution in [0, 0.1) is 6.92 Å². The smallest absolute Gasteiger partial charge is 0.387 e. The second-order valence-electron chi connectivity index (χ2n) is 10.6. The molecule has 2 atom stereocenters. The third-order valence-electron chi connectivity index (χ3n) is 7.86. The molecule has 224 valence electrons. The number of anilines is 2. The lowest BCUT2D eigenvalue weighted by atomic mass is 10.1. The first kappa shape index (κ1) is 28.5. The van der Waals surface area contributed by atoms with Crippen LogP contribution >= 0.6 is 0 Å². The van der Waals surface area contributed by atoms with Gasteiger partial charge in [0.2, 0.25) is 5.91 Å². The minimum atomic E-state index is -2.89. The van der Waals surface area contributed by atoms with Crippen molar-refractivity contribution >= 4 is 29.0 Å². The van der Waals surface area contributed by atoms with Crippen molar-refractivity contribution in [2.24, 2.45) is 0 Å². The number of aryl methyl sites for hydroxylation is 1. The van der Waals surface area contributed by atoms with Crippen LogP contribution in [0.2, 0.25) is 0 Å². The number of benzene rings is 2. The number of fused-ring (bicyclic) bond motifs is 1. The third-order valence-corrected chi connectivity index (χ3v) is 7.86.